The monoisotopic (exact) mass is 788 g/mol. The Balaban J connectivity index is 1.69. The van der Waals surface area contributed by atoms with Crippen LogP contribution in [0.3, 0.4) is 0 Å². The normalized spacial score (nSPS) is 30.8. The van der Waals surface area contributed by atoms with E-state index in [0.29, 0.717) is 21.5 Å². The van der Waals surface area contributed by atoms with E-state index >= 15 is 0 Å². The highest BCUT2D eigenvalue weighted by Gasteiger charge is 2.44. The molecule has 19 nitrogen and oxygen atoms in total. The fraction of sp³-hybridized carbons (Fsp3) is 0.571. The van der Waals surface area contributed by atoms with Crippen molar-refractivity contribution in [1.29, 1.82) is 0 Å². The van der Waals surface area contributed by atoms with E-state index in [-0.39, 0.29) is 25.1 Å². The van der Waals surface area contributed by atoms with Gasteiger partial charge in [0.2, 0.25) is 41.4 Å². The molecular weight excluding hydrogens is 740 g/mol. The van der Waals surface area contributed by atoms with Crippen molar-refractivity contribution in [3.63, 3.8) is 0 Å². The Morgan fingerprint density at radius 3 is 2.16 bits per heavy atom. The third-order valence-corrected chi connectivity index (χ3v) is 11.0. The highest BCUT2D eigenvalue weighted by Crippen LogP contribution is 2.32. The van der Waals surface area contributed by atoms with Crippen LogP contribution in [0.15, 0.2) is 29.3 Å². The molecule has 7 amide bonds. The summed E-state index contributed by atoms with van der Waals surface area (Å²) in [5.41, 5.74) is -0.741. The number of rotatable bonds is 4. The van der Waals surface area contributed by atoms with Crippen LogP contribution >= 0.6 is 11.8 Å². The van der Waals surface area contributed by atoms with Crippen molar-refractivity contribution in [3.8, 4) is 0 Å². The number of aromatic amines is 1. The number of nitrogens with one attached hydrogen (secondary N) is 7. The summed E-state index contributed by atoms with van der Waals surface area (Å²) < 4.78 is 0. The van der Waals surface area contributed by atoms with Gasteiger partial charge in [-0.2, -0.15) is 0 Å². The Labute approximate surface area is 320 Å². The Morgan fingerprint density at radius 2 is 1.49 bits per heavy atom. The summed E-state index contributed by atoms with van der Waals surface area (Å²) >= 11 is 1.08. The first-order valence-electron chi connectivity index (χ1n) is 17.9. The number of aliphatic hydroxyl groups is 4. The first-order chi connectivity index (χ1) is 25.9. The highest BCUT2D eigenvalue weighted by atomic mass is 32.2. The highest BCUT2D eigenvalue weighted by molar-refractivity contribution is 7.99. The van der Waals surface area contributed by atoms with Gasteiger partial charge in [0, 0.05) is 42.5 Å². The lowest BCUT2D eigenvalue weighted by Gasteiger charge is -2.31. The Morgan fingerprint density at radius 1 is 0.855 bits per heavy atom. The average molecular weight is 789 g/mol. The number of aromatic nitrogens is 1. The molecule has 55 heavy (non-hydrogen) atoms. The zero-order chi connectivity index (χ0) is 40.4. The molecule has 1 aromatic carbocycles. The van der Waals surface area contributed by atoms with Crippen molar-refractivity contribution < 1.29 is 54.0 Å². The lowest BCUT2D eigenvalue weighted by molar-refractivity contribution is -0.142. The quantitative estimate of drug-likeness (QED) is 0.143. The summed E-state index contributed by atoms with van der Waals surface area (Å²) in [5.74, 6) is -6.26. The van der Waals surface area contributed by atoms with Crippen LogP contribution in [0.4, 0.5) is 0 Å². The van der Waals surface area contributed by atoms with Gasteiger partial charge >= 0.3 is 0 Å². The van der Waals surface area contributed by atoms with Gasteiger partial charge in [-0.15, -0.1) is 11.8 Å². The number of H-pyrrole nitrogens is 1. The number of nitrogens with zero attached hydrogens (tertiary/aromatic N) is 1. The third-order valence-electron chi connectivity index (χ3n) is 9.87. The van der Waals surface area contributed by atoms with Crippen LogP contribution in [0, 0.1) is 0 Å². The van der Waals surface area contributed by atoms with Crippen LogP contribution < -0.4 is 31.9 Å². The molecular formula is C35H48N8O11S. The summed E-state index contributed by atoms with van der Waals surface area (Å²) in [6.45, 7) is 4.02. The van der Waals surface area contributed by atoms with E-state index in [9.17, 15) is 54.0 Å². The number of carbonyl (C=O) groups is 7. The second kappa shape index (κ2) is 16.9. The smallest absolute Gasteiger partial charge is 0.246 e. The van der Waals surface area contributed by atoms with Crippen molar-refractivity contribution in [2.24, 2.45) is 0 Å². The topological polar surface area (TPSA) is 292 Å². The molecule has 0 unspecified atom stereocenters. The minimum atomic E-state index is -1.90. The van der Waals surface area contributed by atoms with E-state index < -0.39 is 114 Å². The first-order valence-corrected chi connectivity index (χ1v) is 18.9. The lowest BCUT2D eigenvalue weighted by Crippen LogP contribution is -2.61. The van der Waals surface area contributed by atoms with Gasteiger partial charge in [-0.25, -0.2) is 0 Å². The molecule has 5 rings (SSSR count). The predicted molar refractivity (Wildman–Crippen MR) is 196 cm³/mol. The maximum Gasteiger partial charge on any atom is 0.246 e. The van der Waals surface area contributed by atoms with Gasteiger partial charge in [0.1, 0.15) is 42.3 Å². The van der Waals surface area contributed by atoms with Crippen molar-refractivity contribution >= 4 is 64.0 Å². The van der Waals surface area contributed by atoms with Crippen molar-refractivity contribution in [2.75, 3.05) is 18.9 Å². The van der Waals surface area contributed by atoms with Crippen LogP contribution in [0.1, 0.15) is 46.1 Å². The molecule has 3 aliphatic rings. The van der Waals surface area contributed by atoms with Crippen LogP contribution in [0.5, 0.6) is 0 Å². The van der Waals surface area contributed by atoms with Gasteiger partial charge in [0.05, 0.1) is 29.4 Å². The van der Waals surface area contributed by atoms with Crippen LogP contribution in [0.25, 0.3) is 10.9 Å². The van der Waals surface area contributed by atoms with Gasteiger partial charge in [0.15, 0.2) is 0 Å². The van der Waals surface area contributed by atoms with E-state index in [1.165, 1.54) is 27.7 Å². The molecule has 10 atom stereocenters. The molecule has 4 heterocycles. The number of thioether (sulfide) groups is 1. The Bertz CT molecular complexity index is 1840. The summed E-state index contributed by atoms with van der Waals surface area (Å²) in [7, 11) is 0. The third kappa shape index (κ3) is 9.55. The van der Waals surface area contributed by atoms with Crippen molar-refractivity contribution in [1.82, 2.24) is 41.8 Å². The van der Waals surface area contributed by atoms with Gasteiger partial charge < -0.3 is 62.2 Å². The minimum Gasteiger partial charge on any atom is -0.393 e. The molecule has 11 N–H and O–H groups in total. The number of benzene rings is 1. The molecule has 0 spiro atoms. The second-order valence-corrected chi connectivity index (χ2v) is 15.6. The van der Waals surface area contributed by atoms with Crippen molar-refractivity contribution in [3.05, 3.63) is 29.8 Å². The number of amides is 7. The van der Waals surface area contributed by atoms with E-state index in [2.05, 4.69) is 36.9 Å². The molecule has 2 aromatic rings. The van der Waals surface area contributed by atoms with E-state index in [0.717, 1.165) is 16.7 Å². The fourth-order valence-electron chi connectivity index (χ4n) is 6.74. The number of fused-ring (bicyclic) bond motifs is 5. The van der Waals surface area contributed by atoms with Gasteiger partial charge in [-0.3, -0.25) is 33.6 Å². The maximum atomic E-state index is 14.3. The predicted octanol–water partition coefficient (Wildman–Crippen LogP) is -3.75. The second-order valence-electron chi connectivity index (χ2n) is 14.6. The van der Waals surface area contributed by atoms with Gasteiger partial charge in [-0.1, -0.05) is 18.2 Å². The maximum absolute atomic E-state index is 14.3. The van der Waals surface area contributed by atoms with Crippen LogP contribution in [0.2, 0.25) is 0 Å². The number of hydrogen-bond acceptors (Lipinski definition) is 12. The lowest BCUT2D eigenvalue weighted by atomic mass is 9.96. The molecule has 1 saturated heterocycles. The molecule has 20 heteroatoms. The largest absolute Gasteiger partial charge is 0.393 e. The van der Waals surface area contributed by atoms with E-state index in [4.69, 9.17) is 0 Å². The molecule has 0 aliphatic carbocycles. The summed E-state index contributed by atoms with van der Waals surface area (Å²) in [6, 6.07) is -2.86. The molecule has 1 fully saturated rings. The van der Waals surface area contributed by atoms with E-state index in [1.807, 2.05) is 0 Å². The molecule has 0 saturated carbocycles. The van der Waals surface area contributed by atoms with Crippen LogP contribution in [-0.4, -0.2) is 151 Å². The zero-order valence-electron chi connectivity index (χ0n) is 30.8. The molecule has 0 radical (unpaired) electrons. The number of para-hydroxylation sites is 1. The SMILES string of the molecule is C[C@@H]1NC(=O)[C@@H]2C[C@@H](O)CN2C(=O)[C@H]2CSc3[nH]c4ccccc4c3C[C@H](NC1=O)C(=O)N[C@H](C[C@@](C)(O)CO)C(=O)N[C@H](C)C(=O)N[C@H]([C@H](C)O)C(=O)N2. The van der Waals surface area contributed by atoms with Gasteiger partial charge in [-0.05, 0) is 39.3 Å². The van der Waals surface area contributed by atoms with E-state index in [1.54, 1.807) is 24.3 Å². The molecule has 2 bridgehead atoms. The van der Waals surface area contributed by atoms with Gasteiger partial charge in [0.25, 0.3) is 0 Å². The molecule has 1 aromatic heterocycles. The van der Waals surface area contributed by atoms with Crippen LogP contribution in [-0.2, 0) is 40.0 Å². The fourth-order valence-corrected chi connectivity index (χ4v) is 7.85. The Hall–Kier alpha value is -4.76. The number of hydrogen-bond donors (Lipinski definition) is 11. The molecule has 300 valence electrons. The minimum absolute atomic E-state index is 0.170. The Kier molecular flexibility index (Phi) is 12.8. The summed E-state index contributed by atoms with van der Waals surface area (Å²) in [4.78, 5) is 101. The summed E-state index contributed by atoms with van der Waals surface area (Å²) in [6.07, 6.45) is -3.53. The molecule has 3 aliphatic heterocycles. The van der Waals surface area contributed by atoms with Crippen molar-refractivity contribution in [2.45, 2.75) is 112 Å². The summed E-state index contributed by atoms with van der Waals surface area (Å²) in [5, 5.41) is 58.1. The standard InChI is InChI=1S/C35H48N8O11S/c1-15-27(47)38-22-10-20-19-7-5-6-8-21(19)41-33(20)55-13-24(34(53)43-12-18(46)9-25(43)31(51)37-15)40-32(52)26(17(3)45)42-28(48)16(2)36-30(50)23(39-29(22)49)11-35(4,54)14-44/h5-8,15-18,22-26,41,44-46,54H,9-14H2,1-4H3,(H,36,50)(H,37,51)(H,38,47)(H,39,49)(H,40,52)(H,42,48)/t15-,16+,17-,18+,22-,23+,24+,25-,26+,35+/m0/s1. The first kappa shape index (κ1) is 41.4. The number of aliphatic hydroxyl groups excluding tert-OH is 3. The number of carbonyl (C=O) groups excluding carboxylic acids is 7. The average Bonchev–Trinajstić information content (AvgIpc) is 3.69. The zero-order valence-corrected chi connectivity index (χ0v) is 31.6.